The fraction of sp³-hybridized carbons (Fsp3) is 0.0952. The van der Waals surface area contributed by atoms with E-state index in [-0.39, 0.29) is 21.5 Å². The minimum atomic E-state index is -3.76. The van der Waals surface area contributed by atoms with Crippen molar-refractivity contribution in [2.75, 3.05) is 10.0 Å². The normalized spacial score (nSPS) is 11.1. The number of carbonyl (C=O) groups is 1. The van der Waals surface area contributed by atoms with Crippen LogP contribution in [-0.2, 0) is 16.4 Å². The minimum absolute atomic E-state index is 0.129. The van der Waals surface area contributed by atoms with Gasteiger partial charge in [0.15, 0.2) is 0 Å². The van der Waals surface area contributed by atoms with E-state index in [1.807, 2.05) is 31.2 Å². The third-order valence-electron chi connectivity index (χ3n) is 4.18. The van der Waals surface area contributed by atoms with E-state index in [0.29, 0.717) is 5.56 Å². The molecule has 0 aromatic heterocycles. The molecule has 0 saturated carbocycles. The molecule has 0 aliphatic heterocycles. The summed E-state index contributed by atoms with van der Waals surface area (Å²) in [6, 6.07) is 20.0. The Morgan fingerprint density at radius 1 is 0.929 bits per heavy atom. The van der Waals surface area contributed by atoms with E-state index < -0.39 is 10.0 Å². The van der Waals surface area contributed by atoms with Crippen LogP contribution in [0, 0.1) is 0 Å². The summed E-state index contributed by atoms with van der Waals surface area (Å²) in [5.41, 5.74) is 2.30. The molecule has 3 rings (SSSR count). The van der Waals surface area contributed by atoms with Crippen LogP contribution in [0.5, 0.6) is 0 Å². The predicted octanol–water partition coefficient (Wildman–Crippen LogP) is 4.96. The maximum absolute atomic E-state index is 12.5. The first-order chi connectivity index (χ1) is 13.4. The lowest BCUT2D eigenvalue weighted by atomic mass is 10.1. The number of amides is 1. The van der Waals surface area contributed by atoms with Crippen molar-refractivity contribution in [3.8, 4) is 0 Å². The molecular formula is C21H19ClN2O3S. The number of hydrogen-bond donors (Lipinski definition) is 2. The molecule has 0 radical (unpaired) electrons. The summed E-state index contributed by atoms with van der Waals surface area (Å²) in [6.07, 6.45) is 0.789. The van der Waals surface area contributed by atoms with E-state index >= 15 is 0 Å². The number of rotatable bonds is 6. The van der Waals surface area contributed by atoms with E-state index in [0.717, 1.165) is 17.7 Å². The van der Waals surface area contributed by atoms with E-state index in [1.165, 1.54) is 30.3 Å². The maximum Gasteiger partial charge on any atom is 0.261 e. The highest BCUT2D eigenvalue weighted by atomic mass is 35.5. The number of nitrogens with one attached hydrogen (secondary N) is 2. The number of sulfonamides is 1. The van der Waals surface area contributed by atoms with Crippen molar-refractivity contribution < 1.29 is 13.2 Å². The third kappa shape index (κ3) is 4.52. The summed E-state index contributed by atoms with van der Waals surface area (Å²) in [4.78, 5) is 12.7. The lowest BCUT2D eigenvalue weighted by Crippen LogP contribution is -2.15. The summed E-state index contributed by atoms with van der Waals surface area (Å²) in [5, 5.41) is 3.00. The second-order valence-corrected chi connectivity index (χ2v) is 8.17. The topological polar surface area (TPSA) is 75.3 Å². The van der Waals surface area contributed by atoms with Gasteiger partial charge < -0.3 is 5.32 Å². The monoisotopic (exact) mass is 414 g/mol. The van der Waals surface area contributed by atoms with Gasteiger partial charge in [-0.05, 0) is 48.4 Å². The van der Waals surface area contributed by atoms with Gasteiger partial charge in [-0.2, -0.15) is 0 Å². The lowest BCUT2D eigenvalue weighted by molar-refractivity contribution is 0.102. The first-order valence-corrected chi connectivity index (χ1v) is 10.5. The molecule has 0 spiro atoms. The molecule has 0 bridgehead atoms. The quantitative estimate of drug-likeness (QED) is 0.598. The number of anilines is 2. The Labute approximate surface area is 169 Å². The van der Waals surface area contributed by atoms with Crippen LogP contribution >= 0.6 is 11.6 Å². The van der Waals surface area contributed by atoms with Gasteiger partial charge >= 0.3 is 0 Å². The van der Waals surface area contributed by atoms with E-state index in [9.17, 15) is 13.2 Å². The molecule has 0 aliphatic rings. The van der Waals surface area contributed by atoms with Gasteiger partial charge in [-0.3, -0.25) is 9.52 Å². The molecule has 3 aromatic carbocycles. The van der Waals surface area contributed by atoms with Gasteiger partial charge in [0.1, 0.15) is 0 Å². The standard InChI is InChI=1S/C21H19ClN2O3S/c1-2-15-8-6-7-11-19(15)23-21(25)16-12-13-20(18(22)14-16)24-28(26,27)17-9-4-3-5-10-17/h3-14,24H,2H2,1H3,(H,23,25). The zero-order chi connectivity index (χ0) is 20.1. The molecule has 0 atom stereocenters. The molecule has 0 aliphatic carbocycles. The summed E-state index contributed by atoms with van der Waals surface area (Å²) in [6.45, 7) is 2.01. The smallest absolute Gasteiger partial charge is 0.261 e. The van der Waals surface area contributed by atoms with Crippen molar-refractivity contribution in [3.63, 3.8) is 0 Å². The first-order valence-electron chi connectivity index (χ1n) is 8.67. The molecule has 28 heavy (non-hydrogen) atoms. The largest absolute Gasteiger partial charge is 0.322 e. The Morgan fingerprint density at radius 2 is 1.61 bits per heavy atom. The van der Waals surface area contributed by atoms with E-state index in [1.54, 1.807) is 18.2 Å². The zero-order valence-corrected chi connectivity index (χ0v) is 16.7. The average molecular weight is 415 g/mol. The van der Waals surface area contributed by atoms with Gasteiger partial charge in [-0.1, -0.05) is 54.9 Å². The molecule has 0 fully saturated rings. The average Bonchev–Trinajstić information content (AvgIpc) is 2.70. The Morgan fingerprint density at radius 3 is 2.29 bits per heavy atom. The number of aryl methyl sites for hydroxylation is 1. The molecule has 0 saturated heterocycles. The van der Waals surface area contributed by atoms with Crippen molar-refractivity contribution in [2.24, 2.45) is 0 Å². The van der Waals surface area contributed by atoms with Crippen LogP contribution in [0.4, 0.5) is 11.4 Å². The van der Waals surface area contributed by atoms with Gasteiger partial charge in [0.05, 0.1) is 15.6 Å². The van der Waals surface area contributed by atoms with Crippen molar-refractivity contribution in [3.05, 3.63) is 88.9 Å². The van der Waals surface area contributed by atoms with E-state index in [2.05, 4.69) is 10.0 Å². The minimum Gasteiger partial charge on any atom is -0.322 e. The van der Waals surface area contributed by atoms with Crippen molar-refractivity contribution >= 4 is 38.9 Å². The highest BCUT2D eigenvalue weighted by molar-refractivity contribution is 7.92. The van der Waals surface area contributed by atoms with Crippen LogP contribution < -0.4 is 10.0 Å². The zero-order valence-electron chi connectivity index (χ0n) is 15.1. The van der Waals surface area contributed by atoms with Crippen LogP contribution in [0.15, 0.2) is 77.7 Å². The van der Waals surface area contributed by atoms with Crippen molar-refractivity contribution in [1.29, 1.82) is 0 Å². The molecule has 0 heterocycles. The lowest BCUT2D eigenvalue weighted by Gasteiger charge is -2.12. The fourth-order valence-corrected chi connectivity index (χ4v) is 4.07. The predicted molar refractivity (Wildman–Crippen MR) is 112 cm³/mol. The van der Waals surface area contributed by atoms with Crippen molar-refractivity contribution in [1.82, 2.24) is 0 Å². The Kier molecular flexibility index (Phi) is 6.02. The number of benzene rings is 3. The molecule has 2 N–H and O–H groups in total. The van der Waals surface area contributed by atoms with Gasteiger partial charge in [-0.15, -0.1) is 0 Å². The van der Waals surface area contributed by atoms with Gasteiger partial charge in [0.25, 0.3) is 15.9 Å². The second-order valence-electron chi connectivity index (χ2n) is 6.08. The number of halogens is 1. The molecular weight excluding hydrogens is 396 g/mol. The summed E-state index contributed by atoms with van der Waals surface area (Å²) < 4.78 is 27.3. The van der Waals surface area contributed by atoms with Gasteiger partial charge in [0, 0.05) is 11.3 Å². The van der Waals surface area contributed by atoms with Crippen LogP contribution in [0.3, 0.4) is 0 Å². The Bertz CT molecular complexity index is 1100. The van der Waals surface area contributed by atoms with Crippen LogP contribution in [0.25, 0.3) is 0 Å². The molecule has 144 valence electrons. The Balaban J connectivity index is 1.80. The van der Waals surface area contributed by atoms with Gasteiger partial charge in [0.2, 0.25) is 0 Å². The van der Waals surface area contributed by atoms with Crippen LogP contribution in [-0.4, -0.2) is 14.3 Å². The summed E-state index contributed by atoms with van der Waals surface area (Å²) >= 11 is 6.22. The van der Waals surface area contributed by atoms with Crippen LogP contribution in [0.1, 0.15) is 22.8 Å². The fourth-order valence-electron chi connectivity index (χ4n) is 2.69. The second kappa shape index (κ2) is 8.46. The summed E-state index contributed by atoms with van der Waals surface area (Å²) in [5.74, 6) is -0.319. The van der Waals surface area contributed by atoms with Crippen molar-refractivity contribution in [2.45, 2.75) is 18.2 Å². The Hall–Kier alpha value is -2.83. The van der Waals surface area contributed by atoms with Gasteiger partial charge in [-0.25, -0.2) is 8.42 Å². The molecule has 7 heteroatoms. The maximum atomic E-state index is 12.5. The highest BCUT2D eigenvalue weighted by Gasteiger charge is 2.17. The molecule has 1 amide bonds. The summed E-state index contributed by atoms with van der Waals surface area (Å²) in [7, 11) is -3.76. The molecule has 3 aromatic rings. The molecule has 5 nitrogen and oxygen atoms in total. The first kappa shape index (κ1) is 19.9. The third-order valence-corrected chi connectivity index (χ3v) is 5.87. The molecule has 0 unspecified atom stereocenters. The number of hydrogen-bond acceptors (Lipinski definition) is 3. The number of carbonyl (C=O) groups excluding carboxylic acids is 1. The number of para-hydroxylation sites is 1. The van der Waals surface area contributed by atoms with E-state index in [4.69, 9.17) is 11.6 Å². The SMILES string of the molecule is CCc1ccccc1NC(=O)c1ccc(NS(=O)(=O)c2ccccc2)c(Cl)c1. The van der Waals surface area contributed by atoms with Crippen LogP contribution in [0.2, 0.25) is 5.02 Å². The highest BCUT2D eigenvalue weighted by Crippen LogP contribution is 2.26.